The van der Waals surface area contributed by atoms with E-state index in [1.54, 1.807) is 25.1 Å². The second kappa shape index (κ2) is 4.42. The van der Waals surface area contributed by atoms with Crippen LogP contribution >= 0.6 is 0 Å². The Labute approximate surface area is 95.5 Å². The minimum Gasteiger partial charge on any atom is -0.508 e. The summed E-state index contributed by atoms with van der Waals surface area (Å²) in [6.07, 6.45) is 2.29. The molecule has 0 aromatic heterocycles. The van der Waals surface area contributed by atoms with Crippen LogP contribution in [0, 0.1) is 0 Å². The molecule has 2 nitrogen and oxygen atoms in total. The molecule has 0 aliphatic carbocycles. The molecule has 1 saturated heterocycles. The van der Waals surface area contributed by atoms with Gasteiger partial charge in [-0.25, -0.2) is 4.39 Å². The van der Waals surface area contributed by atoms with Crippen molar-refractivity contribution in [2.45, 2.75) is 37.9 Å². The zero-order valence-corrected chi connectivity index (χ0v) is 9.54. The van der Waals surface area contributed by atoms with E-state index < -0.39 is 5.67 Å². The zero-order chi connectivity index (χ0) is 11.6. The van der Waals surface area contributed by atoms with E-state index in [-0.39, 0.29) is 11.8 Å². The van der Waals surface area contributed by atoms with Crippen molar-refractivity contribution >= 4 is 0 Å². The first-order chi connectivity index (χ1) is 7.58. The lowest BCUT2D eigenvalue weighted by atomic mass is 9.90. The van der Waals surface area contributed by atoms with Crippen molar-refractivity contribution < 1.29 is 9.50 Å². The fourth-order valence-electron chi connectivity index (χ4n) is 2.39. The average molecular weight is 223 g/mol. The highest BCUT2D eigenvalue weighted by molar-refractivity contribution is 5.28. The molecular formula is C13H18FNO. The lowest BCUT2D eigenvalue weighted by molar-refractivity contribution is 0.137. The van der Waals surface area contributed by atoms with Crippen molar-refractivity contribution in [2.24, 2.45) is 0 Å². The van der Waals surface area contributed by atoms with Crippen LogP contribution in [0.25, 0.3) is 0 Å². The molecule has 88 valence electrons. The second-order valence-electron chi connectivity index (χ2n) is 4.77. The minimum absolute atomic E-state index is 0.0603. The second-order valence-corrected chi connectivity index (χ2v) is 4.77. The maximum atomic E-state index is 14.5. The van der Waals surface area contributed by atoms with Crippen molar-refractivity contribution in [3.8, 4) is 5.75 Å². The van der Waals surface area contributed by atoms with E-state index in [1.165, 1.54) is 0 Å². The normalized spacial score (nSPS) is 24.2. The molecule has 0 saturated carbocycles. The van der Waals surface area contributed by atoms with Gasteiger partial charge in [-0.2, -0.15) is 0 Å². The smallest absolute Gasteiger partial charge is 0.127 e. The SMILES string of the molecule is CC(F)(Cc1cccc(O)c1)C1CCCN1. The summed E-state index contributed by atoms with van der Waals surface area (Å²) in [6.45, 7) is 2.55. The summed E-state index contributed by atoms with van der Waals surface area (Å²) in [5.74, 6) is 0.202. The lowest BCUT2D eigenvalue weighted by Crippen LogP contribution is -2.43. The highest BCUT2D eigenvalue weighted by Crippen LogP contribution is 2.28. The van der Waals surface area contributed by atoms with Gasteiger partial charge < -0.3 is 10.4 Å². The number of nitrogens with one attached hydrogen (secondary N) is 1. The minimum atomic E-state index is -1.25. The van der Waals surface area contributed by atoms with E-state index in [0.717, 1.165) is 24.9 Å². The average Bonchev–Trinajstić information content (AvgIpc) is 2.69. The predicted octanol–water partition coefficient (Wildman–Crippen LogP) is 2.41. The third-order valence-corrected chi connectivity index (χ3v) is 3.25. The molecule has 16 heavy (non-hydrogen) atoms. The molecule has 0 radical (unpaired) electrons. The molecule has 1 heterocycles. The quantitative estimate of drug-likeness (QED) is 0.824. The Bertz CT molecular complexity index is 359. The fraction of sp³-hybridized carbons (Fsp3) is 0.538. The number of rotatable bonds is 3. The molecule has 2 atom stereocenters. The van der Waals surface area contributed by atoms with E-state index >= 15 is 0 Å². The van der Waals surface area contributed by atoms with Crippen molar-refractivity contribution in [1.29, 1.82) is 0 Å². The Kier molecular flexibility index (Phi) is 3.15. The molecule has 2 rings (SSSR count). The van der Waals surface area contributed by atoms with Gasteiger partial charge in [-0.15, -0.1) is 0 Å². The third-order valence-electron chi connectivity index (χ3n) is 3.25. The van der Waals surface area contributed by atoms with E-state index in [0.29, 0.717) is 6.42 Å². The van der Waals surface area contributed by atoms with E-state index in [1.807, 2.05) is 6.07 Å². The summed E-state index contributed by atoms with van der Waals surface area (Å²) >= 11 is 0. The van der Waals surface area contributed by atoms with Gasteiger partial charge in [0.25, 0.3) is 0 Å². The van der Waals surface area contributed by atoms with Crippen LogP contribution in [0.5, 0.6) is 5.75 Å². The summed E-state index contributed by atoms with van der Waals surface area (Å²) < 4.78 is 14.5. The van der Waals surface area contributed by atoms with Gasteiger partial charge in [-0.05, 0) is 44.0 Å². The van der Waals surface area contributed by atoms with Gasteiger partial charge in [-0.3, -0.25) is 0 Å². The molecule has 1 aliphatic rings. The standard InChI is InChI=1S/C13H18FNO/c1-13(14,12-6-3-7-15-12)9-10-4-2-5-11(16)8-10/h2,4-5,8,12,15-16H,3,6-7,9H2,1H3. The van der Waals surface area contributed by atoms with Crippen LogP contribution in [0.15, 0.2) is 24.3 Å². The van der Waals surface area contributed by atoms with Gasteiger partial charge >= 0.3 is 0 Å². The third kappa shape index (κ3) is 2.53. The largest absolute Gasteiger partial charge is 0.508 e. The predicted molar refractivity (Wildman–Crippen MR) is 62.3 cm³/mol. The molecule has 0 spiro atoms. The molecule has 1 aromatic carbocycles. The Morgan fingerprint density at radius 3 is 3.00 bits per heavy atom. The molecule has 2 N–H and O–H groups in total. The van der Waals surface area contributed by atoms with E-state index in [2.05, 4.69) is 5.32 Å². The van der Waals surface area contributed by atoms with E-state index in [9.17, 15) is 9.50 Å². The zero-order valence-electron chi connectivity index (χ0n) is 9.54. The molecule has 0 amide bonds. The number of hydrogen-bond acceptors (Lipinski definition) is 2. The van der Waals surface area contributed by atoms with Crippen molar-refractivity contribution in [2.75, 3.05) is 6.54 Å². The number of alkyl halides is 1. The number of benzene rings is 1. The fourth-order valence-corrected chi connectivity index (χ4v) is 2.39. The van der Waals surface area contributed by atoms with Crippen molar-refractivity contribution in [1.82, 2.24) is 5.32 Å². The number of phenolic OH excluding ortho intramolecular Hbond substituents is 1. The van der Waals surface area contributed by atoms with Crippen LogP contribution in [0.4, 0.5) is 4.39 Å². The summed E-state index contributed by atoms with van der Waals surface area (Å²) in [5, 5.41) is 12.5. The number of aromatic hydroxyl groups is 1. The highest BCUT2D eigenvalue weighted by Gasteiger charge is 2.35. The Morgan fingerprint density at radius 1 is 1.56 bits per heavy atom. The first-order valence-electron chi connectivity index (χ1n) is 5.78. The topological polar surface area (TPSA) is 32.3 Å². The summed E-state index contributed by atoms with van der Waals surface area (Å²) in [7, 11) is 0. The van der Waals surface area contributed by atoms with Crippen molar-refractivity contribution in [3.63, 3.8) is 0 Å². The Hall–Kier alpha value is -1.09. The number of halogens is 1. The summed E-state index contributed by atoms with van der Waals surface area (Å²) in [5.41, 5.74) is -0.400. The summed E-state index contributed by atoms with van der Waals surface area (Å²) in [4.78, 5) is 0. The van der Waals surface area contributed by atoms with Gasteiger partial charge in [0.2, 0.25) is 0 Å². The summed E-state index contributed by atoms with van der Waals surface area (Å²) in [6, 6.07) is 6.78. The van der Waals surface area contributed by atoms with Crippen LogP contribution in [-0.2, 0) is 6.42 Å². The molecular weight excluding hydrogens is 205 g/mol. The first-order valence-corrected chi connectivity index (χ1v) is 5.78. The maximum Gasteiger partial charge on any atom is 0.127 e. The number of phenols is 1. The first kappa shape index (κ1) is 11.4. The van der Waals surface area contributed by atoms with Crippen LogP contribution in [-0.4, -0.2) is 23.4 Å². The Balaban J connectivity index is 2.07. The van der Waals surface area contributed by atoms with Gasteiger partial charge in [-0.1, -0.05) is 12.1 Å². The highest BCUT2D eigenvalue weighted by atomic mass is 19.1. The Morgan fingerprint density at radius 2 is 2.38 bits per heavy atom. The van der Waals surface area contributed by atoms with Crippen LogP contribution in [0.1, 0.15) is 25.3 Å². The molecule has 1 fully saturated rings. The maximum absolute atomic E-state index is 14.5. The molecule has 1 aliphatic heterocycles. The molecule has 1 aromatic rings. The molecule has 3 heteroatoms. The number of hydrogen-bond donors (Lipinski definition) is 2. The van der Waals surface area contributed by atoms with Gasteiger partial charge in [0, 0.05) is 12.5 Å². The van der Waals surface area contributed by atoms with Crippen LogP contribution < -0.4 is 5.32 Å². The monoisotopic (exact) mass is 223 g/mol. The van der Waals surface area contributed by atoms with Crippen molar-refractivity contribution in [3.05, 3.63) is 29.8 Å². The molecule has 2 unspecified atom stereocenters. The lowest BCUT2D eigenvalue weighted by Gasteiger charge is -2.27. The van der Waals surface area contributed by atoms with Gasteiger partial charge in [0.05, 0.1) is 0 Å². The van der Waals surface area contributed by atoms with Gasteiger partial charge in [0.1, 0.15) is 11.4 Å². The van der Waals surface area contributed by atoms with Crippen LogP contribution in [0.3, 0.4) is 0 Å². The van der Waals surface area contributed by atoms with Gasteiger partial charge in [0.15, 0.2) is 0 Å². The van der Waals surface area contributed by atoms with E-state index in [4.69, 9.17) is 0 Å². The van der Waals surface area contributed by atoms with Crippen LogP contribution in [0.2, 0.25) is 0 Å². The molecule has 0 bridgehead atoms.